The van der Waals surface area contributed by atoms with Gasteiger partial charge in [-0.2, -0.15) is 0 Å². The van der Waals surface area contributed by atoms with Gasteiger partial charge in [-0.3, -0.25) is 4.79 Å². The molecule has 0 saturated carbocycles. The number of hydrogen-bond acceptors (Lipinski definition) is 3. The lowest BCUT2D eigenvalue weighted by atomic mass is 9.91. The first-order valence-corrected chi connectivity index (χ1v) is 6.36. The summed E-state index contributed by atoms with van der Waals surface area (Å²) < 4.78 is 0. The number of carbonyl (C=O) groups is 1. The zero-order chi connectivity index (χ0) is 13.0. The summed E-state index contributed by atoms with van der Waals surface area (Å²) in [6.07, 6.45) is 1.26. The van der Waals surface area contributed by atoms with Crippen LogP contribution in [0, 0.1) is 0 Å². The Hall–Kier alpha value is -1.55. The smallest absolute Gasteiger partial charge is 0.219 e. The van der Waals surface area contributed by atoms with Crippen molar-refractivity contribution in [2.24, 2.45) is 0 Å². The molecular weight excluding hydrogens is 228 g/mol. The lowest BCUT2D eigenvalue weighted by Gasteiger charge is -2.38. The van der Waals surface area contributed by atoms with Gasteiger partial charge in [0.1, 0.15) is 0 Å². The highest BCUT2D eigenvalue weighted by Crippen LogP contribution is 2.22. The van der Waals surface area contributed by atoms with E-state index in [1.165, 1.54) is 0 Å². The minimum atomic E-state index is -0.707. The van der Waals surface area contributed by atoms with Crippen LogP contribution in [0.25, 0.3) is 0 Å². The molecular formula is C14H20N2O2. The standard InChI is InChI=1S/C14H20N2O2/c1-12(17)16-9-7-14(18,8-10-16)11-15-13-5-3-2-4-6-13/h2-6,15,18H,7-11H2,1H3. The summed E-state index contributed by atoms with van der Waals surface area (Å²) in [5.41, 5.74) is 0.307. The maximum Gasteiger partial charge on any atom is 0.219 e. The second-order valence-corrected chi connectivity index (χ2v) is 4.95. The third-order valence-corrected chi connectivity index (χ3v) is 3.53. The summed E-state index contributed by atoms with van der Waals surface area (Å²) in [5, 5.41) is 13.7. The summed E-state index contributed by atoms with van der Waals surface area (Å²) in [6, 6.07) is 9.85. The maximum atomic E-state index is 11.2. The van der Waals surface area contributed by atoms with Crippen LogP contribution in [0.1, 0.15) is 19.8 Å². The van der Waals surface area contributed by atoms with Crippen LogP contribution in [0.3, 0.4) is 0 Å². The van der Waals surface area contributed by atoms with Gasteiger partial charge in [-0.25, -0.2) is 0 Å². The van der Waals surface area contributed by atoms with Crippen LogP contribution in [0.4, 0.5) is 5.69 Å². The summed E-state index contributed by atoms with van der Waals surface area (Å²) in [7, 11) is 0. The number of aliphatic hydroxyl groups is 1. The summed E-state index contributed by atoms with van der Waals surface area (Å²) >= 11 is 0. The van der Waals surface area contributed by atoms with Gasteiger partial charge >= 0.3 is 0 Å². The zero-order valence-electron chi connectivity index (χ0n) is 10.7. The molecule has 4 nitrogen and oxygen atoms in total. The van der Waals surface area contributed by atoms with Crippen LogP contribution in [0.15, 0.2) is 30.3 Å². The van der Waals surface area contributed by atoms with Crippen molar-refractivity contribution in [2.45, 2.75) is 25.4 Å². The van der Waals surface area contributed by atoms with Crippen molar-refractivity contribution in [3.05, 3.63) is 30.3 Å². The highest BCUT2D eigenvalue weighted by molar-refractivity contribution is 5.73. The zero-order valence-corrected chi connectivity index (χ0v) is 10.7. The number of likely N-dealkylation sites (tertiary alicyclic amines) is 1. The van der Waals surface area contributed by atoms with Gasteiger partial charge in [0, 0.05) is 32.2 Å². The fraction of sp³-hybridized carbons (Fsp3) is 0.500. The highest BCUT2D eigenvalue weighted by Gasteiger charge is 2.32. The molecule has 0 radical (unpaired) electrons. The van der Waals surface area contributed by atoms with Crippen molar-refractivity contribution in [1.29, 1.82) is 0 Å². The average Bonchev–Trinajstić information content (AvgIpc) is 2.38. The number of anilines is 1. The van der Waals surface area contributed by atoms with Gasteiger partial charge in [-0.1, -0.05) is 18.2 Å². The van der Waals surface area contributed by atoms with E-state index in [9.17, 15) is 9.90 Å². The van der Waals surface area contributed by atoms with E-state index in [2.05, 4.69) is 5.32 Å². The van der Waals surface area contributed by atoms with Gasteiger partial charge in [0.05, 0.1) is 5.60 Å². The van der Waals surface area contributed by atoms with Crippen LogP contribution >= 0.6 is 0 Å². The van der Waals surface area contributed by atoms with E-state index in [1.54, 1.807) is 11.8 Å². The molecule has 2 rings (SSSR count). The number of nitrogens with one attached hydrogen (secondary N) is 1. The molecule has 0 aliphatic carbocycles. The van der Waals surface area contributed by atoms with E-state index in [1.807, 2.05) is 30.3 Å². The molecule has 0 atom stereocenters. The van der Waals surface area contributed by atoms with E-state index < -0.39 is 5.60 Å². The molecule has 0 spiro atoms. The molecule has 1 aromatic carbocycles. The lowest BCUT2D eigenvalue weighted by molar-refractivity contribution is -0.132. The van der Waals surface area contributed by atoms with Crippen LogP contribution in [0.5, 0.6) is 0 Å². The number of rotatable bonds is 3. The second kappa shape index (κ2) is 5.40. The van der Waals surface area contributed by atoms with Gasteiger partial charge in [-0.15, -0.1) is 0 Å². The third kappa shape index (κ3) is 3.23. The topological polar surface area (TPSA) is 52.6 Å². The largest absolute Gasteiger partial charge is 0.388 e. The second-order valence-electron chi connectivity index (χ2n) is 4.95. The molecule has 0 bridgehead atoms. The highest BCUT2D eigenvalue weighted by atomic mass is 16.3. The number of benzene rings is 1. The van der Waals surface area contributed by atoms with E-state index in [0.29, 0.717) is 32.5 Å². The number of nitrogens with zero attached hydrogens (tertiary/aromatic N) is 1. The molecule has 18 heavy (non-hydrogen) atoms. The van der Waals surface area contributed by atoms with E-state index in [4.69, 9.17) is 0 Å². The van der Waals surface area contributed by atoms with Gasteiger partial charge < -0.3 is 15.3 Å². The molecule has 1 saturated heterocycles. The van der Waals surface area contributed by atoms with Crippen molar-refractivity contribution < 1.29 is 9.90 Å². The summed E-state index contributed by atoms with van der Waals surface area (Å²) in [5.74, 6) is 0.0908. The molecule has 98 valence electrons. The minimum absolute atomic E-state index is 0.0908. The van der Waals surface area contributed by atoms with Gasteiger partial charge in [-0.05, 0) is 25.0 Å². The third-order valence-electron chi connectivity index (χ3n) is 3.53. The fourth-order valence-electron chi connectivity index (χ4n) is 2.24. The van der Waals surface area contributed by atoms with Crippen molar-refractivity contribution in [1.82, 2.24) is 4.90 Å². The first-order valence-electron chi connectivity index (χ1n) is 6.36. The Labute approximate surface area is 108 Å². The number of carbonyl (C=O) groups excluding carboxylic acids is 1. The Morgan fingerprint density at radius 3 is 2.50 bits per heavy atom. The Morgan fingerprint density at radius 1 is 1.33 bits per heavy atom. The first kappa shape index (κ1) is 12.9. The summed E-state index contributed by atoms with van der Waals surface area (Å²) in [4.78, 5) is 13.0. The fourth-order valence-corrected chi connectivity index (χ4v) is 2.24. The van der Waals surface area contributed by atoms with Crippen LogP contribution < -0.4 is 5.32 Å². The number of hydrogen-bond donors (Lipinski definition) is 2. The summed E-state index contributed by atoms with van der Waals surface area (Å²) in [6.45, 7) is 3.39. The lowest BCUT2D eigenvalue weighted by Crippen LogP contribution is -2.49. The van der Waals surface area contributed by atoms with Gasteiger partial charge in [0.15, 0.2) is 0 Å². The Bertz CT molecular complexity index is 398. The number of amides is 1. The Kier molecular flexibility index (Phi) is 3.87. The molecule has 1 aromatic rings. The molecule has 0 aromatic heterocycles. The van der Waals surface area contributed by atoms with Crippen molar-refractivity contribution in [2.75, 3.05) is 25.0 Å². The quantitative estimate of drug-likeness (QED) is 0.851. The number of piperidine rings is 1. The molecule has 1 aliphatic heterocycles. The van der Waals surface area contributed by atoms with E-state index in [-0.39, 0.29) is 5.91 Å². The molecule has 1 heterocycles. The SMILES string of the molecule is CC(=O)N1CCC(O)(CNc2ccccc2)CC1. The van der Waals surface area contributed by atoms with Crippen molar-refractivity contribution in [3.63, 3.8) is 0 Å². The van der Waals surface area contributed by atoms with Crippen LogP contribution in [0.2, 0.25) is 0 Å². The predicted molar refractivity (Wildman–Crippen MR) is 71.4 cm³/mol. The maximum absolute atomic E-state index is 11.2. The van der Waals surface area contributed by atoms with E-state index in [0.717, 1.165) is 5.69 Å². The first-order chi connectivity index (χ1) is 8.59. The normalized spacial score (nSPS) is 18.4. The monoisotopic (exact) mass is 248 g/mol. The van der Waals surface area contributed by atoms with Crippen molar-refractivity contribution >= 4 is 11.6 Å². The van der Waals surface area contributed by atoms with Gasteiger partial charge in [0.2, 0.25) is 5.91 Å². The molecule has 4 heteroatoms. The van der Waals surface area contributed by atoms with Crippen molar-refractivity contribution in [3.8, 4) is 0 Å². The average molecular weight is 248 g/mol. The minimum Gasteiger partial charge on any atom is -0.388 e. The number of para-hydroxylation sites is 1. The molecule has 1 aliphatic rings. The predicted octanol–water partition coefficient (Wildman–Crippen LogP) is 1.47. The Morgan fingerprint density at radius 2 is 1.94 bits per heavy atom. The molecule has 1 fully saturated rings. The Balaban J connectivity index is 1.85. The molecule has 0 unspecified atom stereocenters. The van der Waals surface area contributed by atoms with Crippen LogP contribution in [-0.4, -0.2) is 41.1 Å². The van der Waals surface area contributed by atoms with E-state index >= 15 is 0 Å². The molecule has 2 N–H and O–H groups in total. The van der Waals surface area contributed by atoms with Crippen LogP contribution in [-0.2, 0) is 4.79 Å². The molecule has 1 amide bonds. The van der Waals surface area contributed by atoms with Gasteiger partial charge in [0.25, 0.3) is 0 Å².